The van der Waals surface area contributed by atoms with Crippen molar-refractivity contribution in [3.8, 4) is 5.75 Å². The fraction of sp³-hybridized carbons (Fsp3) is 0.417. The molecule has 0 unspecified atom stereocenters. The molecule has 0 aliphatic carbocycles. The monoisotopic (exact) mass is 267 g/mol. The first kappa shape index (κ1) is 14.7. The lowest BCUT2D eigenvalue weighted by Gasteiger charge is -2.09. The van der Waals surface area contributed by atoms with Crippen LogP contribution in [-0.4, -0.2) is 31.0 Å². The second kappa shape index (κ2) is 7.20. The summed E-state index contributed by atoms with van der Waals surface area (Å²) in [5.41, 5.74) is 0.217. The Labute approximate surface area is 111 Å². The molecular formula is C12H17N3O4. The van der Waals surface area contributed by atoms with Crippen LogP contribution < -0.4 is 15.4 Å². The van der Waals surface area contributed by atoms with E-state index in [-0.39, 0.29) is 23.8 Å². The van der Waals surface area contributed by atoms with Crippen LogP contribution in [0.25, 0.3) is 0 Å². The second-order valence-corrected chi connectivity index (χ2v) is 3.74. The zero-order valence-electron chi connectivity index (χ0n) is 10.9. The molecule has 1 amide bonds. The molecule has 0 aromatic heterocycles. The first-order valence-electron chi connectivity index (χ1n) is 5.92. The van der Waals surface area contributed by atoms with E-state index in [0.717, 1.165) is 0 Å². The summed E-state index contributed by atoms with van der Waals surface area (Å²) < 4.78 is 4.95. The highest BCUT2D eigenvalue weighted by atomic mass is 16.6. The van der Waals surface area contributed by atoms with Crippen molar-refractivity contribution in [1.29, 1.82) is 0 Å². The predicted octanol–water partition coefficient (Wildman–Crippen LogP) is 1.54. The van der Waals surface area contributed by atoms with Crippen molar-refractivity contribution in [1.82, 2.24) is 5.32 Å². The maximum Gasteiger partial charge on any atom is 0.333 e. The summed E-state index contributed by atoms with van der Waals surface area (Å²) in [7, 11) is 1.38. The highest BCUT2D eigenvalue weighted by molar-refractivity contribution is 5.77. The molecule has 0 spiro atoms. The smallest absolute Gasteiger partial charge is 0.333 e. The number of methoxy groups -OCH3 is 1. The minimum absolute atomic E-state index is 0.0967. The molecule has 19 heavy (non-hydrogen) atoms. The second-order valence-electron chi connectivity index (χ2n) is 3.74. The van der Waals surface area contributed by atoms with Gasteiger partial charge in [0.2, 0.25) is 5.91 Å². The average molecular weight is 267 g/mol. The number of nitro benzene ring substituents is 1. The summed E-state index contributed by atoms with van der Waals surface area (Å²) in [6, 6.07) is 4.76. The largest absolute Gasteiger partial charge is 0.490 e. The number of nitro groups is 1. The number of carbonyl (C=O) groups is 1. The molecule has 1 aromatic rings. The third-order valence-electron chi connectivity index (χ3n) is 2.44. The molecule has 0 saturated heterocycles. The molecule has 104 valence electrons. The maximum absolute atomic E-state index is 11.3. The molecular weight excluding hydrogens is 250 g/mol. The van der Waals surface area contributed by atoms with Crippen molar-refractivity contribution < 1.29 is 14.5 Å². The number of benzene rings is 1. The van der Waals surface area contributed by atoms with Gasteiger partial charge in [-0.05, 0) is 19.1 Å². The molecule has 0 aliphatic rings. The molecule has 7 nitrogen and oxygen atoms in total. The topological polar surface area (TPSA) is 93.5 Å². The molecule has 7 heteroatoms. The van der Waals surface area contributed by atoms with Gasteiger partial charge in [0.25, 0.3) is 0 Å². The Morgan fingerprint density at radius 1 is 1.47 bits per heavy atom. The van der Waals surface area contributed by atoms with E-state index >= 15 is 0 Å². The van der Waals surface area contributed by atoms with Crippen LogP contribution in [0, 0.1) is 10.1 Å². The Morgan fingerprint density at radius 2 is 2.21 bits per heavy atom. The number of ether oxygens (including phenoxy) is 1. The first-order valence-corrected chi connectivity index (χ1v) is 5.92. The summed E-state index contributed by atoms with van der Waals surface area (Å²) in [4.78, 5) is 21.8. The normalized spacial score (nSPS) is 9.79. The molecule has 0 saturated carbocycles. The number of anilines is 1. The van der Waals surface area contributed by atoms with E-state index in [0.29, 0.717) is 18.8 Å². The van der Waals surface area contributed by atoms with Gasteiger partial charge in [-0.25, -0.2) is 0 Å². The summed E-state index contributed by atoms with van der Waals surface area (Å²) in [6.07, 6.45) is 0.252. The van der Waals surface area contributed by atoms with Crippen LogP contribution in [0.15, 0.2) is 18.2 Å². The van der Waals surface area contributed by atoms with E-state index in [1.807, 2.05) is 6.92 Å². The fourth-order valence-corrected chi connectivity index (χ4v) is 1.61. The van der Waals surface area contributed by atoms with Gasteiger partial charge in [-0.1, -0.05) is 6.07 Å². The Morgan fingerprint density at radius 3 is 2.79 bits per heavy atom. The number of para-hydroxylation sites is 1. The van der Waals surface area contributed by atoms with E-state index in [1.54, 1.807) is 12.1 Å². The highest BCUT2D eigenvalue weighted by Gasteiger charge is 2.20. The molecule has 0 fully saturated rings. The number of carbonyl (C=O) groups excluding carboxylic acids is 1. The van der Waals surface area contributed by atoms with Gasteiger partial charge in [0.1, 0.15) is 5.69 Å². The van der Waals surface area contributed by atoms with Gasteiger partial charge in [-0.3, -0.25) is 14.9 Å². The molecule has 0 aliphatic heterocycles. The van der Waals surface area contributed by atoms with E-state index in [1.165, 1.54) is 13.2 Å². The minimum atomic E-state index is -0.507. The van der Waals surface area contributed by atoms with E-state index in [9.17, 15) is 14.9 Å². The van der Waals surface area contributed by atoms with Crippen LogP contribution in [-0.2, 0) is 4.79 Å². The average Bonchev–Trinajstić information content (AvgIpc) is 2.38. The van der Waals surface area contributed by atoms with Crippen molar-refractivity contribution in [3.05, 3.63) is 28.3 Å². The third kappa shape index (κ3) is 4.13. The Bertz CT molecular complexity index is 462. The first-order chi connectivity index (χ1) is 9.10. The van der Waals surface area contributed by atoms with Crippen LogP contribution in [0.4, 0.5) is 11.4 Å². The van der Waals surface area contributed by atoms with E-state index in [2.05, 4.69) is 10.6 Å². The van der Waals surface area contributed by atoms with E-state index < -0.39 is 4.92 Å². The van der Waals surface area contributed by atoms with Crippen molar-refractivity contribution in [2.24, 2.45) is 0 Å². The lowest BCUT2D eigenvalue weighted by Crippen LogP contribution is -2.24. The SMILES string of the molecule is CCNC(=O)CCNc1cccc(OC)c1[N+](=O)[O-]. The van der Waals surface area contributed by atoms with Gasteiger partial charge in [0.05, 0.1) is 12.0 Å². The summed E-state index contributed by atoms with van der Waals surface area (Å²) >= 11 is 0. The van der Waals surface area contributed by atoms with Crippen LogP contribution in [0.1, 0.15) is 13.3 Å². The molecule has 0 atom stereocenters. The zero-order valence-corrected chi connectivity index (χ0v) is 10.9. The molecule has 2 N–H and O–H groups in total. The molecule has 1 rings (SSSR count). The van der Waals surface area contributed by atoms with Crippen LogP contribution in [0.2, 0.25) is 0 Å². The van der Waals surface area contributed by atoms with Crippen LogP contribution in [0.5, 0.6) is 5.75 Å². The number of hydrogen-bond donors (Lipinski definition) is 2. The van der Waals surface area contributed by atoms with Gasteiger partial charge in [0, 0.05) is 19.5 Å². The molecule has 0 bridgehead atoms. The Kier molecular flexibility index (Phi) is 5.59. The van der Waals surface area contributed by atoms with Gasteiger partial charge >= 0.3 is 5.69 Å². The van der Waals surface area contributed by atoms with Gasteiger partial charge < -0.3 is 15.4 Å². The quantitative estimate of drug-likeness (QED) is 0.577. The van der Waals surface area contributed by atoms with Crippen molar-refractivity contribution in [2.45, 2.75) is 13.3 Å². The van der Waals surface area contributed by atoms with Gasteiger partial charge in [0.15, 0.2) is 5.75 Å². The van der Waals surface area contributed by atoms with Crippen LogP contribution in [0.3, 0.4) is 0 Å². The standard InChI is InChI=1S/C12H17N3O4/c1-3-13-11(16)7-8-14-9-5-4-6-10(19-2)12(9)15(17)18/h4-6,14H,3,7-8H2,1-2H3,(H,13,16). The summed E-state index contributed by atoms with van der Waals surface area (Å²) in [5.74, 6) is 0.0913. The highest BCUT2D eigenvalue weighted by Crippen LogP contribution is 2.34. The third-order valence-corrected chi connectivity index (χ3v) is 2.44. The van der Waals surface area contributed by atoms with E-state index in [4.69, 9.17) is 4.74 Å². The number of hydrogen-bond acceptors (Lipinski definition) is 5. The fourth-order valence-electron chi connectivity index (χ4n) is 1.61. The van der Waals surface area contributed by atoms with Gasteiger partial charge in [-0.15, -0.1) is 0 Å². The van der Waals surface area contributed by atoms with Crippen molar-refractivity contribution >= 4 is 17.3 Å². The van der Waals surface area contributed by atoms with Crippen LogP contribution >= 0.6 is 0 Å². The lowest BCUT2D eigenvalue weighted by molar-refractivity contribution is -0.384. The number of rotatable bonds is 7. The zero-order chi connectivity index (χ0) is 14.3. The Balaban J connectivity index is 2.73. The minimum Gasteiger partial charge on any atom is -0.490 e. The molecule has 1 aromatic carbocycles. The summed E-state index contributed by atoms with van der Waals surface area (Å²) in [6.45, 7) is 2.72. The molecule has 0 heterocycles. The number of amides is 1. The molecule has 0 radical (unpaired) electrons. The lowest BCUT2D eigenvalue weighted by atomic mass is 10.2. The van der Waals surface area contributed by atoms with Gasteiger partial charge in [-0.2, -0.15) is 0 Å². The summed E-state index contributed by atoms with van der Waals surface area (Å²) in [5, 5.41) is 16.5. The Hall–Kier alpha value is -2.31. The van der Waals surface area contributed by atoms with Crippen molar-refractivity contribution in [2.75, 3.05) is 25.5 Å². The maximum atomic E-state index is 11.3. The predicted molar refractivity (Wildman–Crippen MR) is 71.4 cm³/mol. The van der Waals surface area contributed by atoms with Crippen molar-refractivity contribution in [3.63, 3.8) is 0 Å². The number of nitrogens with one attached hydrogen (secondary N) is 2. The number of nitrogens with zero attached hydrogens (tertiary/aromatic N) is 1.